The molecule has 3 aromatic rings. The van der Waals surface area contributed by atoms with Gasteiger partial charge >= 0.3 is 0 Å². The van der Waals surface area contributed by atoms with Gasteiger partial charge in [-0.05, 0) is 38.0 Å². The molecule has 0 unspecified atom stereocenters. The Kier molecular flexibility index (Phi) is 3.59. The lowest BCUT2D eigenvalue weighted by atomic mass is 10.2. The minimum atomic E-state index is 0.0132. The second-order valence-corrected chi connectivity index (χ2v) is 6.72. The first kappa shape index (κ1) is 14.3. The number of aromatic nitrogens is 2. The van der Waals surface area contributed by atoms with Gasteiger partial charge in [-0.1, -0.05) is 29.8 Å². The van der Waals surface area contributed by atoms with Crippen LogP contribution in [0.1, 0.15) is 21.8 Å². The Labute approximate surface area is 131 Å². The first-order valence-electron chi connectivity index (χ1n) is 6.69. The molecule has 108 valence electrons. The number of aryl methyl sites for hydroxylation is 3. The summed E-state index contributed by atoms with van der Waals surface area (Å²) >= 11 is 7.77. The molecule has 0 N–H and O–H groups in total. The van der Waals surface area contributed by atoms with Crippen LogP contribution in [0.5, 0.6) is 0 Å². The van der Waals surface area contributed by atoms with Crippen LogP contribution in [-0.2, 0) is 6.54 Å². The van der Waals surface area contributed by atoms with Crippen molar-refractivity contribution in [2.75, 3.05) is 0 Å². The predicted molar refractivity (Wildman–Crippen MR) is 88.6 cm³/mol. The van der Waals surface area contributed by atoms with E-state index in [0.717, 1.165) is 26.2 Å². The van der Waals surface area contributed by atoms with Gasteiger partial charge in [0.1, 0.15) is 10.7 Å². The van der Waals surface area contributed by atoms with E-state index in [1.807, 2.05) is 45.0 Å². The third-order valence-electron chi connectivity index (χ3n) is 3.77. The van der Waals surface area contributed by atoms with E-state index in [0.29, 0.717) is 17.4 Å². The van der Waals surface area contributed by atoms with E-state index in [9.17, 15) is 4.79 Å². The second kappa shape index (κ2) is 5.28. The Hall–Kier alpha value is -1.65. The normalized spacial score (nSPS) is 11.2. The summed E-state index contributed by atoms with van der Waals surface area (Å²) < 4.78 is 1.70. The molecule has 0 saturated carbocycles. The van der Waals surface area contributed by atoms with Crippen molar-refractivity contribution in [1.82, 2.24) is 9.55 Å². The van der Waals surface area contributed by atoms with Gasteiger partial charge in [0.15, 0.2) is 0 Å². The Bertz CT molecular complexity index is 895. The second-order valence-electron chi connectivity index (χ2n) is 5.11. The summed E-state index contributed by atoms with van der Waals surface area (Å²) in [6.45, 7) is 6.31. The van der Waals surface area contributed by atoms with Gasteiger partial charge in [-0.2, -0.15) is 0 Å². The van der Waals surface area contributed by atoms with Gasteiger partial charge in [0.2, 0.25) is 0 Å². The molecule has 0 saturated heterocycles. The van der Waals surface area contributed by atoms with Gasteiger partial charge in [0, 0.05) is 9.90 Å². The minimum Gasteiger partial charge on any atom is -0.292 e. The van der Waals surface area contributed by atoms with Crippen LogP contribution in [0.2, 0.25) is 5.02 Å². The molecule has 3 nitrogen and oxygen atoms in total. The molecule has 21 heavy (non-hydrogen) atoms. The molecule has 0 amide bonds. The van der Waals surface area contributed by atoms with Gasteiger partial charge in [0.05, 0.1) is 11.9 Å². The number of benzene rings is 1. The molecule has 0 aliphatic heterocycles. The van der Waals surface area contributed by atoms with Crippen molar-refractivity contribution in [3.8, 4) is 0 Å². The van der Waals surface area contributed by atoms with Crippen LogP contribution in [-0.4, -0.2) is 9.55 Å². The number of halogens is 1. The number of nitrogens with zero attached hydrogens (tertiary/aromatic N) is 2. The molecule has 0 spiro atoms. The zero-order valence-corrected chi connectivity index (χ0v) is 13.7. The highest BCUT2D eigenvalue weighted by Gasteiger charge is 2.15. The first-order chi connectivity index (χ1) is 9.99. The molecule has 0 radical (unpaired) electrons. The van der Waals surface area contributed by atoms with E-state index in [4.69, 9.17) is 11.6 Å². The van der Waals surface area contributed by atoms with Crippen molar-refractivity contribution >= 4 is 33.2 Å². The molecule has 0 aliphatic carbocycles. The highest BCUT2D eigenvalue weighted by atomic mass is 35.5. The number of fused-ring (bicyclic) bond motifs is 1. The number of thiophene rings is 1. The van der Waals surface area contributed by atoms with Crippen LogP contribution in [0.3, 0.4) is 0 Å². The third-order valence-corrected chi connectivity index (χ3v) is 5.24. The van der Waals surface area contributed by atoms with Crippen LogP contribution >= 0.6 is 22.9 Å². The van der Waals surface area contributed by atoms with E-state index < -0.39 is 0 Å². The third kappa shape index (κ3) is 2.39. The van der Waals surface area contributed by atoms with Gasteiger partial charge in [-0.25, -0.2) is 4.98 Å². The molecule has 2 aromatic heterocycles. The van der Waals surface area contributed by atoms with Crippen LogP contribution in [0.4, 0.5) is 0 Å². The summed E-state index contributed by atoms with van der Waals surface area (Å²) in [5.74, 6) is 0.716. The van der Waals surface area contributed by atoms with E-state index in [1.165, 1.54) is 0 Å². The fraction of sp³-hybridized carbons (Fsp3) is 0.250. The maximum atomic E-state index is 12.8. The molecule has 0 aliphatic rings. The summed E-state index contributed by atoms with van der Waals surface area (Å²) in [4.78, 5) is 19.3. The Morgan fingerprint density at radius 3 is 2.67 bits per heavy atom. The smallest absolute Gasteiger partial charge is 0.262 e. The van der Waals surface area contributed by atoms with Gasteiger partial charge in [0.25, 0.3) is 5.56 Å². The summed E-state index contributed by atoms with van der Waals surface area (Å²) in [5.41, 5.74) is 1.97. The molecule has 2 heterocycles. The summed E-state index contributed by atoms with van der Waals surface area (Å²) in [6.07, 6.45) is 0. The molecule has 5 heteroatoms. The topological polar surface area (TPSA) is 34.9 Å². The van der Waals surface area contributed by atoms with Crippen LogP contribution < -0.4 is 5.56 Å². The van der Waals surface area contributed by atoms with Gasteiger partial charge < -0.3 is 0 Å². The maximum absolute atomic E-state index is 12.8. The van der Waals surface area contributed by atoms with Crippen LogP contribution in [0, 0.1) is 20.8 Å². The van der Waals surface area contributed by atoms with Crippen molar-refractivity contribution in [3.63, 3.8) is 0 Å². The summed E-state index contributed by atoms with van der Waals surface area (Å²) in [7, 11) is 0. The average Bonchev–Trinajstić information content (AvgIpc) is 2.72. The highest BCUT2D eigenvalue weighted by Crippen LogP contribution is 2.26. The fourth-order valence-corrected chi connectivity index (χ4v) is 3.67. The fourth-order valence-electron chi connectivity index (χ4n) is 2.41. The van der Waals surface area contributed by atoms with E-state index in [-0.39, 0.29) is 5.56 Å². The molecule has 1 aromatic carbocycles. The SMILES string of the molecule is Cc1sc2nc(C)n(Cc3ccccc3Cl)c(=O)c2c1C. The summed E-state index contributed by atoms with van der Waals surface area (Å²) in [5, 5.41) is 1.40. The number of hydrogen-bond donors (Lipinski definition) is 0. The van der Waals surface area contributed by atoms with Crippen LogP contribution in [0.15, 0.2) is 29.1 Å². The molecule has 0 atom stereocenters. The molecular formula is C16H15ClN2OS. The zero-order valence-electron chi connectivity index (χ0n) is 12.1. The van der Waals surface area contributed by atoms with Crippen molar-refractivity contribution < 1.29 is 0 Å². The number of hydrogen-bond acceptors (Lipinski definition) is 3. The van der Waals surface area contributed by atoms with Crippen molar-refractivity contribution in [2.45, 2.75) is 27.3 Å². The Morgan fingerprint density at radius 2 is 1.95 bits per heavy atom. The summed E-state index contributed by atoms with van der Waals surface area (Å²) in [6, 6.07) is 7.58. The van der Waals surface area contributed by atoms with E-state index in [2.05, 4.69) is 4.98 Å². The Morgan fingerprint density at radius 1 is 1.24 bits per heavy atom. The zero-order chi connectivity index (χ0) is 15.1. The maximum Gasteiger partial charge on any atom is 0.262 e. The van der Waals surface area contributed by atoms with Crippen LogP contribution in [0.25, 0.3) is 10.2 Å². The Balaban J connectivity index is 2.21. The van der Waals surface area contributed by atoms with E-state index in [1.54, 1.807) is 15.9 Å². The lowest BCUT2D eigenvalue weighted by Crippen LogP contribution is -2.24. The quantitative estimate of drug-likeness (QED) is 0.713. The van der Waals surface area contributed by atoms with Gasteiger partial charge in [-0.15, -0.1) is 11.3 Å². The molecule has 3 rings (SSSR count). The highest BCUT2D eigenvalue weighted by molar-refractivity contribution is 7.18. The minimum absolute atomic E-state index is 0.0132. The average molecular weight is 319 g/mol. The lowest BCUT2D eigenvalue weighted by Gasteiger charge is -2.11. The monoisotopic (exact) mass is 318 g/mol. The lowest BCUT2D eigenvalue weighted by molar-refractivity contribution is 0.713. The van der Waals surface area contributed by atoms with E-state index >= 15 is 0 Å². The standard InChI is InChI=1S/C16H15ClN2OS/c1-9-10(2)21-15-14(9)16(20)19(11(3)18-15)8-12-6-4-5-7-13(12)17/h4-7H,8H2,1-3H3. The largest absolute Gasteiger partial charge is 0.292 e. The van der Waals surface area contributed by atoms with Crippen molar-refractivity contribution in [3.05, 3.63) is 61.5 Å². The number of rotatable bonds is 2. The molecule has 0 fully saturated rings. The van der Waals surface area contributed by atoms with Crippen molar-refractivity contribution in [1.29, 1.82) is 0 Å². The predicted octanol–water partition coefficient (Wildman–Crippen LogP) is 4.08. The first-order valence-corrected chi connectivity index (χ1v) is 7.89. The van der Waals surface area contributed by atoms with Crippen molar-refractivity contribution in [2.24, 2.45) is 0 Å². The van der Waals surface area contributed by atoms with Gasteiger partial charge in [-0.3, -0.25) is 9.36 Å². The molecular weight excluding hydrogens is 304 g/mol. The molecule has 0 bridgehead atoms.